The van der Waals surface area contributed by atoms with Gasteiger partial charge in [0.25, 0.3) is 0 Å². The molecule has 2 aromatic rings. The van der Waals surface area contributed by atoms with E-state index < -0.39 is 17.8 Å². The quantitative estimate of drug-likeness (QED) is 0.462. The van der Waals surface area contributed by atoms with Crippen molar-refractivity contribution in [2.24, 2.45) is 5.41 Å². The lowest BCUT2D eigenvalue weighted by Crippen LogP contribution is -2.31. The van der Waals surface area contributed by atoms with E-state index in [1.807, 2.05) is 0 Å². The van der Waals surface area contributed by atoms with E-state index >= 15 is 0 Å². The molecule has 0 spiro atoms. The Kier molecular flexibility index (Phi) is 7.36. The largest absolute Gasteiger partial charge is 0.416 e. The van der Waals surface area contributed by atoms with Gasteiger partial charge in [-0.1, -0.05) is 59.1 Å². The summed E-state index contributed by atoms with van der Waals surface area (Å²) in [6.07, 6.45) is 1.71. The first kappa shape index (κ1) is 26.2. The number of aliphatic hydroxyl groups excluding tert-OH is 1. The van der Waals surface area contributed by atoms with E-state index in [1.165, 1.54) is 18.6 Å². The highest BCUT2D eigenvalue weighted by Gasteiger charge is 2.40. The number of methoxy groups -OCH3 is 1. The standard InChI is InChI=1S/C29H38F3NO2/c1-17(2)26-25(27(34)19-11-13-20(14-12-19)29(30,31)32)23(18-9-7-6-8-10-18)24-21(33-26)15-28(3,4)16-22(24)35-5/h11-14,17-18,22,27,34H,6-10,15-16H2,1-5H3/t22-,27-/m0/s1. The van der Waals surface area contributed by atoms with E-state index in [2.05, 4.69) is 27.7 Å². The molecule has 1 heterocycles. The number of nitrogens with zero attached hydrogens (tertiary/aromatic N) is 1. The van der Waals surface area contributed by atoms with Crippen molar-refractivity contribution in [3.8, 4) is 0 Å². The summed E-state index contributed by atoms with van der Waals surface area (Å²) in [5, 5.41) is 11.7. The monoisotopic (exact) mass is 489 g/mol. The van der Waals surface area contributed by atoms with Crippen molar-refractivity contribution in [3.63, 3.8) is 0 Å². The highest BCUT2D eigenvalue weighted by molar-refractivity contribution is 5.50. The highest BCUT2D eigenvalue weighted by atomic mass is 19.4. The fourth-order valence-corrected chi connectivity index (χ4v) is 6.11. The summed E-state index contributed by atoms with van der Waals surface area (Å²) < 4.78 is 45.5. The number of benzene rings is 1. The molecular formula is C29H38F3NO2. The molecule has 1 fully saturated rings. The van der Waals surface area contributed by atoms with Gasteiger partial charge in [-0.25, -0.2) is 0 Å². The maximum atomic E-state index is 13.2. The topological polar surface area (TPSA) is 42.4 Å². The number of hydrogen-bond acceptors (Lipinski definition) is 3. The van der Waals surface area contributed by atoms with Gasteiger partial charge in [0.15, 0.2) is 0 Å². The Morgan fingerprint density at radius 1 is 1.03 bits per heavy atom. The van der Waals surface area contributed by atoms with Crippen LogP contribution in [0, 0.1) is 5.41 Å². The Hall–Kier alpha value is -1.92. The number of aromatic nitrogens is 1. The number of pyridine rings is 1. The molecule has 0 unspecified atom stereocenters. The van der Waals surface area contributed by atoms with E-state index in [-0.39, 0.29) is 23.4 Å². The molecule has 1 N–H and O–H groups in total. The molecule has 35 heavy (non-hydrogen) atoms. The van der Waals surface area contributed by atoms with Gasteiger partial charge in [0.1, 0.15) is 6.10 Å². The molecule has 2 aliphatic carbocycles. The van der Waals surface area contributed by atoms with Crippen LogP contribution >= 0.6 is 0 Å². The zero-order valence-electron chi connectivity index (χ0n) is 21.5. The van der Waals surface area contributed by atoms with Gasteiger partial charge in [0.05, 0.1) is 11.7 Å². The van der Waals surface area contributed by atoms with Crippen LogP contribution in [0.15, 0.2) is 24.3 Å². The van der Waals surface area contributed by atoms with Crippen molar-refractivity contribution in [2.45, 2.75) is 103 Å². The Morgan fingerprint density at radius 2 is 1.66 bits per heavy atom. The molecule has 1 aromatic heterocycles. The van der Waals surface area contributed by atoms with Crippen molar-refractivity contribution in [1.82, 2.24) is 4.98 Å². The lowest BCUT2D eigenvalue weighted by Gasteiger charge is -2.40. The van der Waals surface area contributed by atoms with Crippen LogP contribution in [0.4, 0.5) is 13.2 Å². The van der Waals surface area contributed by atoms with Crippen LogP contribution in [0.3, 0.4) is 0 Å². The van der Waals surface area contributed by atoms with Gasteiger partial charge in [-0.2, -0.15) is 13.2 Å². The van der Waals surface area contributed by atoms with Crippen LogP contribution in [0.2, 0.25) is 0 Å². The number of alkyl halides is 3. The molecular weight excluding hydrogens is 451 g/mol. The Labute approximate surface area is 207 Å². The average molecular weight is 490 g/mol. The molecule has 0 saturated heterocycles. The second-order valence-electron chi connectivity index (χ2n) is 11.5. The van der Waals surface area contributed by atoms with Crippen LogP contribution in [0.5, 0.6) is 0 Å². The van der Waals surface area contributed by atoms with Crippen LogP contribution in [-0.2, 0) is 17.3 Å². The maximum absolute atomic E-state index is 13.2. The molecule has 0 aliphatic heterocycles. The van der Waals surface area contributed by atoms with Gasteiger partial charge < -0.3 is 9.84 Å². The minimum absolute atomic E-state index is 0.0479. The number of rotatable bonds is 5. The Bertz CT molecular complexity index is 1040. The number of hydrogen-bond donors (Lipinski definition) is 1. The Balaban J connectivity index is 1.94. The third-order valence-corrected chi connectivity index (χ3v) is 7.80. The molecule has 1 saturated carbocycles. The number of ether oxygens (including phenoxy) is 1. The molecule has 2 aliphatic rings. The fourth-order valence-electron chi connectivity index (χ4n) is 6.11. The predicted octanol–water partition coefficient (Wildman–Crippen LogP) is 8.01. The number of halogens is 3. The normalized spacial score (nSPS) is 21.7. The van der Waals surface area contributed by atoms with Gasteiger partial charge in [-0.3, -0.25) is 4.98 Å². The zero-order chi connectivity index (χ0) is 25.5. The summed E-state index contributed by atoms with van der Waals surface area (Å²) in [4.78, 5) is 5.15. The van der Waals surface area contributed by atoms with Crippen LogP contribution in [0.1, 0.15) is 129 Å². The second-order valence-corrected chi connectivity index (χ2v) is 11.5. The first-order chi connectivity index (χ1) is 16.4. The third-order valence-electron chi connectivity index (χ3n) is 7.80. The van der Waals surface area contributed by atoms with Gasteiger partial charge in [0.2, 0.25) is 0 Å². The van der Waals surface area contributed by atoms with Gasteiger partial charge >= 0.3 is 6.18 Å². The molecule has 0 radical (unpaired) electrons. The minimum Gasteiger partial charge on any atom is -0.384 e. The summed E-state index contributed by atoms with van der Waals surface area (Å²) in [5.41, 5.74) is 4.75. The Morgan fingerprint density at radius 3 is 2.20 bits per heavy atom. The summed E-state index contributed by atoms with van der Waals surface area (Å²) in [6.45, 7) is 8.63. The first-order valence-corrected chi connectivity index (χ1v) is 12.9. The van der Waals surface area contributed by atoms with E-state index in [0.29, 0.717) is 5.56 Å². The van der Waals surface area contributed by atoms with Gasteiger partial charge in [0, 0.05) is 29.6 Å². The molecule has 192 valence electrons. The zero-order valence-corrected chi connectivity index (χ0v) is 21.5. The molecule has 4 rings (SSSR count). The lowest BCUT2D eigenvalue weighted by atomic mass is 9.69. The summed E-state index contributed by atoms with van der Waals surface area (Å²) in [7, 11) is 1.74. The first-order valence-electron chi connectivity index (χ1n) is 12.9. The molecule has 6 heteroatoms. The molecule has 3 nitrogen and oxygen atoms in total. The third kappa shape index (κ3) is 5.29. The van der Waals surface area contributed by atoms with Crippen LogP contribution in [0.25, 0.3) is 0 Å². The van der Waals surface area contributed by atoms with E-state index in [1.54, 1.807) is 7.11 Å². The predicted molar refractivity (Wildman–Crippen MR) is 132 cm³/mol. The van der Waals surface area contributed by atoms with E-state index in [9.17, 15) is 18.3 Å². The average Bonchev–Trinajstić information content (AvgIpc) is 2.81. The van der Waals surface area contributed by atoms with Gasteiger partial charge in [-0.15, -0.1) is 0 Å². The van der Waals surface area contributed by atoms with Crippen molar-refractivity contribution >= 4 is 0 Å². The highest BCUT2D eigenvalue weighted by Crippen LogP contribution is 2.50. The number of fused-ring (bicyclic) bond motifs is 1. The van der Waals surface area contributed by atoms with Crippen molar-refractivity contribution < 1.29 is 23.0 Å². The summed E-state index contributed by atoms with van der Waals surface area (Å²) in [6, 6.07) is 4.91. The SMILES string of the molecule is CO[C@H]1CC(C)(C)Cc2nc(C(C)C)c([C@@H](O)c3ccc(C(F)(F)F)cc3)c(C3CCCCC3)c21. The maximum Gasteiger partial charge on any atom is 0.416 e. The fraction of sp³-hybridized carbons (Fsp3) is 0.621. The van der Waals surface area contributed by atoms with Crippen LogP contribution in [-0.4, -0.2) is 17.2 Å². The lowest BCUT2D eigenvalue weighted by molar-refractivity contribution is -0.137. The van der Waals surface area contributed by atoms with Gasteiger partial charge in [-0.05, 0) is 66.2 Å². The van der Waals surface area contributed by atoms with Crippen molar-refractivity contribution in [2.75, 3.05) is 7.11 Å². The smallest absolute Gasteiger partial charge is 0.384 e. The van der Waals surface area contributed by atoms with E-state index in [0.717, 1.165) is 78.7 Å². The molecule has 0 amide bonds. The molecule has 0 bridgehead atoms. The summed E-state index contributed by atoms with van der Waals surface area (Å²) >= 11 is 0. The van der Waals surface area contributed by atoms with E-state index in [4.69, 9.17) is 9.72 Å². The molecule has 2 atom stereocenters. The summed E-state index contributed by atoms with van der Waals surface area (Å²) in [5.74, 6) is 0.351. The van der Waals surface area contributed by atoms with Crippen molar-refractivity contribution in [3.05, 3.63) is 63.5 Å². The molecule has 1 aromatic carbocycles. The van der Waals surface area contributed by atoms with Crippen molar-refractivity contribution in [1.29, 1.82) is 0 Å². The second kappa shape index (κ2) is 9.85. The minimum atomic E-state index is -4.41. The number of aliphatic hydroxyl groups is 1. The van der Waals surface area contributed by atoms with Crippen LogP contribution < -0.4 is 0 Å².